The summed E-state index contributed by atoms with van der Waals surface area (Å²) in [6, 6.07) is 0. The molecule has 2 nitrogen and oxygen atoms in total. The minimum atomic E-state index is -0.656. The maximum absolute atomic E-state index is 10.4. The van der Waals surface area contributed by atoms with Gasteiger partial charge in [0.1, 0.15) is 0 Å². The zero-order chi connectivity index (χ0) is 17.7. The fraction of sp³-hybridized carbons (Fsp3) is 0.864. The summed E-state index contributed by atoms with van der Waals surface area (Å²) in [5.74, 6) is -0.656. The van der Waals surface area contributed by atoms with Gasteiger partial charge in [-0.2, -0.15) is 0 Å². The van der Waals surface area contributed by atoms with Crippen LogP contribution in [0.2, 0.25) is 0 Å². The van der Waals surface area contributed by atoms with Gasteiger partial charge in [-0.15, -0.1) is 0 Å². The zero-order valence-corrected chi connectivity index (χ0v) is 20.4. The summed E-state index contributed by atoms with van der Waals surface area (Å²) >= 11 is 0. The second-order valence-electron chi connectivity index (χ2n) is 7.14. The number of carbonyl (C=O) groups is 1. The van der Waals surface area contributed by atoms with Crippen molar-refractivity contribution in [2.75, 3.05) is 0 Å². The van der Waals surface area contributed by atoms with E-state index in [0.29, 0.717) is 6.42 Å². The van der Waals surface area contributed by atoms with Crippen molar-refractivity contribution < 1.29 is 9.90 Å². The van der Waals surface area contributed by atoms with E-state index < -0.39 is 5.97 Å². The van der Waals surface area contributed by atoms with Crippen LogP contribution in [-0.2, 0) is 4.79 Å². The van der Waals surface area contributed by atoms with Gasteiger partial charge in [0.15, 0.2) is 0 Å². The molecule has 0 unspecified atom stereocenters. The van der Waals surface area contributed by atoms with Crippen LogP contribution in [0.15, 0.2) is 12.2 Å². The van der Waals surface area contributed by atoms with Gasteiger partial charge in [0.2, 0.25) is 0 Å². The molecule has 0 aromatic rings. The van der Waals surface area contributed by atoms with Crippen LogP contribution in [-0.4, -0.2) is 62.5 Å². The van der Waals surface area contributed by atoms with Crippen molar-refractivity contribution in [3.63, 3.8) is 0 Å². The van der Waals surface area contributed by atoms with Crippen LogP contribution in [0.3, 0.4) is 0 Å². The molecule has 0 spiro atoms. The first-order valence-electron chi connectivity index (χ1n) is 10.6. The van der Waals surface area contributed by atoms with Gasteiger partial charge in [-0.1, -0.05) is 96.1 Å². The quantitative estimate of drug-likeness (QED) is 0.146. The van der Waals surface area contributed by atoms with E-state index in [2.05, 4.69) is 19.1 Å². The Bertz CT molecular complexity index is 290. The van der Waals surface area contributed by atoms with E-state index in [1.54, 1.807) is 0 Å². The van der Waals surface area contributed by atoms with E-state index in [0.717, 1.165) is 12.8 Å². The molecule has 1 N–H and O–H groups in total. The smallest absolute Gasteiger partial charge is 0.303 e. The third-order valence-electron chi connectivity index (χ3n) is 4.65. The van der Waals surface area contributed by atoms with E-state index in [9.17, 15) is 4.79 Å². The number of rotatable bonds is 19. The van der Waals surface area contributed by atoms with Crippen molar-refractivity contribution in [3.05, 3.63) is 12.2 Å². The molecule has 0 aromatic carbocycles. The topological polar surface area (TPSA) is 37.3 Å². The number of hydrogen-bond acceptors (Lipinski definition) is 1. The third-order valence-corrected chi connectivity index (χ3v) is 4.65. The van der Waals surface area contributed by atoms with Crippen LogP contribution in [0.4, 0.5) is 0 Å². The molecule has 25 heavy (non-hydrogen) atoms. The molecule has 3 heteroatoms. The number of hydrogen-bond donors (Lipinski definition) is 1. The van der Waals surface area contributed by atoms with Gasteiger partial charge in [-0.3, -0.25) is 4.79 Å². The fourth-order valence-corrected chi connectivity index (χ4v) is 3.05. The largest absolute Gasteiger partial charge is 0.481 e. The zero-order valence-electron chi connectivity index (χ0n) is 17.2. The van der Waals surface area contributed by atoms with Crippen LogP contribution in [0.1, 0.15) is 122 Å². The first-order valence-corrected chi connectivity index (χ1v) is 10.6. The summed E-state index contributed by atoms with van der Waals surface area (Å²) in [5.41, 5.74) is 0. The summed E-state index contributed by atoms with van der Waals surface area (Å²) in [6.45, 7) is 2.27. The van der Waals surface area contributed by atoms with Crippen molar-refractivity contribution in [1.82, 2.24) is 0 Å². The summed E-state index contributed by atoms with van der Waals surface area (Å²) < 4.78 is 0. The molecule has 0 aromatic heterocycles. The maximum Gasteiger partial charge on any atom is 0.303 e. The van der Waals surface area contributed by atoms with Crippen LogP contribution >= 0.6 is 0 Å². The number of carboxylic acid groups (broad SMARTS) is 1. The molecule has 0 saturated heterocycles. The van der Waals surface area contributed by atoms with Crippen molar-refractivity contribution in [2.24, 2.45) is 0 Å². The molecule has 0 bridgehead atoms. The molecule has 0 heterocycles. The van der Waals surface area contributed by atoms with Gasteiger partial charge in [-0.05, 0) is 32.1 Å². The summed E-state index contributed by atoms with van der Waals surface area (Å²) in [4.78, 5) is 10.4. The molecule has 0 saturated carbocycles. The fourth-order valence-electron chi connectivity index (χ4n) is 3.05. The molecule has 0 aliphatic rings. The first-order chi connectivity index (χ1) is 11.8. The van der Waals surface area contributed by atoms with Gasteiger partial charge >= 0.3 is 5.97 Å². The van der Waals surface area contributed by atoms with Gasteiger partial charge < -0.3 is 5.11 Å². The Kier molecular flexibility index (Phi) is 27.9. The molecular weight excluding hydrogens is 335 g/mol. The second-order valence-corrected chi connectivity index (χ2v) is 7.14. The summed E-state index contributed by atoms with van der Waals surface area (Å²) in [6.07, 6.45) is 27.1. The van der Waals surface area contributed by atoms with Gasteiger partial charge in [-0.25, -0.2) is 0 Å². The van der Waals surface area contributed by atoms with E-state index in [1.807, 2.05) is 0 Å². The van der Waals surface area contributed by atoms with Crippen molar-refractivity contribution in [3.8, 4) is 0 Å². The van der Waals surface area contributed by atoms with Crippen LogP contribution in [0, 0.1) is 0 Å². The van der Waals surface area contributed by atoms with Gasteiger partial charge in [0.05, 0.1) is 0 Å². The Morgan fingerprint density at radius 3 is 1.40 bits per heavy atom. The standard InChI is InChI=1S/C22H42O2.K/c1-2-3-4-5-6-7-8-9-10-11-12-13-14-15-16-17-18-19-20-21-22(23)24;/h9-10H,2-8,11-21H2,1H3,(H,23,24);. The van der Waals surface area contributed by atoms with Crippen LogP contribution in [0.25, 0.3) is 0 Å². The van der Waals surface area contributed by atoms with Crippen molar-refractivity contribution in [1.29, 1.82) is 0 Å². The molecular formula is C22H42KO2. The molecule has 1 radical (unpaired) electrons. The summed E-state index contributed by atoms with van der Waals surface area (Å²) in [5, 5.41) is 8.55. The SMILES string of the molecule is CCCCCCCCC=CCCCCCCCCCCCC(=O)O.[K]. The Balaban J connectivity index is 0. The Labute approximate surface area is 200 Å². The number of allylic oxidation sites excluding steroid dienone is 2. The summed E-state index contributed by atoms with van der Waals surface area (Å²) in [7, 11) is 0. The minimum absolute atomic E-state index is 0. The average Bonchev–Trinajstić information content (AvgIpc) is 2.56. The van der Waals surface area contributed by atoms with Crippen molar-refractivity contribution in [2.45, 2.75) is 122 Å². The van der Waals surface area contributed by atoms with Crippen LogP contribution < -0.4 is 0 Å². The Hall–Kier alpha value is 0.846. The second kappa shape index (κ2) is 24.8. The minimum Gasteiger partial charge on any atom is -0.481 e. The van der Waals surface area contributed by atoms with E-state index in [4.69, 9.17) is 5.11 Å². The maximum atomic E-state index is 10.4. The monoisotopic (exact) mass is 377 g/mol. The van der Waals surface area contributed by atoms with Gasteiger partial charge in [0.25, 0.3) is 0 Å². The predicted octanol–water partition coefficient (Wildman–Crippen LogP) is 7.29. The van der Waals surface area contributed by atoms with Crippen molar-refractivity contribution >= 4 is 57.4 Å². The Morgan fingerprint density at radius 1 is 0.640 bits per heavy atom. The first kappa shape index (κ1) is 28.1. The van der Waals surface area contributed by atoms with E-state index >= 15 is 0 Å². The molecule has 0 aliphatic carbocycles. The predicted molar refractivity (Wildman–Crippen MR) is 111 cm³/mol. The normalized spacial score (nSPS) is 10.9. The molecule has 143 valence electrons. The molecule has 0 fully saturated rings. The number of aliphatic carboxylic acids is 1. The molecule has 0 aliphatic heterocycles. The molecule has 0 rings (SSSR count). The molecule has 0 amide bonds. The van der Waals surface area contributed by atoms with Crippen LogP contribution in [0.5, 0.6) is 0 Å². The average molecular weight is 378 g/mol. The molecule has 0 atom stereocenters. The number of unbranched alkanes of at least 4 members (excludes halogenated alkanes) is 15. The van der Waals surface area contributed by atoms with Gasteiger partial charge in [0, 0.05) is 57.8 Å². The third kappa shape index (κ3) is 27.2. The number of carboxylic acids is 1. The van der Waals surface area contributed by atoms with E-state index in [-0.39, 0.29) is 51.4 Å². The Morgan fingerprint density at radius 2 is 1.00 bits per heavy atom. The van der Waals surface area contributed by atoms with E-state index in [1.165, 1.54) is 96.3 Å².